The highest BCUT2D eigenvalue weighted by Gasteiger charge is 1.72. The Morgan fingerprint density at radius 3 is 2.44 bits per heavy atom. The highest BCUT2D eigenvalue weighted by Crippen LogP contribution is 1.92. The summed E-state index contributed by atoms with van der Waals surface area (Å²) in [7, 11) is 0. The van der Waals surface area contributed by atoms with Crippen LogP contribution in [0, 0.1) is 0 Å². The molecule has 0 aliphatic heterocycles. The summed E-state index contributed by atoms with van der Waals surface area (Å²) in [6.07, 6.45) is 7.57. The van der Waals surface area contributed by atoms with Crippen LogP contribution in [0.5, 0.6) is 0 Å². The summed E-state index contributed by atoms with van der Waals surface area (Å²) >= 11 is 0. The van der Waals surface area contributed by atoms with Crippen LogP contribution in [-0.4, -0.2) is 6.21 Å². The third kappa shape index (κ3) is 5.01. The number of hydrogen-bond donors (Lipinski definition) is 0. The zero-order chi connectivity index (χ0) is 7.11. The third-order valence-electron chi connectivity index (χ3n) is 1.03. The lowest BCUT2D eigenvalue weighted by Crippen LogP contribution is -1.63. The minimum absolute atomic E-state index is 1.24. The van der Waals surface area contributed by atoms with E-state index in [-0.39, 0.29) is 0 Å². The Balaban J connectivity index is 3.71. The van der Waals surface area contributed by atoms with Crippen LogP contribution in [0.2, 0.25) is 0 Å². The normalized spacial score (nSPS) is 13.9. The number of hydrogen-bond acceptors (Lipinski definition) is 1. The molecule has 0 N–H and O–H groups in total. The third-order valence-corrected chi connectivity index (χ3v) is 1.03. The number of rotatable bonds is 2. The summed E-state index contributed by atoms with van der Waals surface area (Å²) in [6.45, 7) is 5.95. The number of aliphatic imine (C=N–C) groups is 1. The monoisotopic (exact) mass is 123 g/mol. The van der Waals surface area contributed by atoms with Crippen molar-refractivity contribution in [1.82, 2.24) is 0 Å². The molecule has 0 aromatic heterocycles. The molecule has 0 aliphatic carbocycles. The quantitative estimate of drug-likeness (QED) is 0.395. The average molecular weight is 123 g/mol. The Bertz CT molecular complexity index is 141. The van der Waals surface area contributed by atoms with Crippen LogP contribution in [0.4, 0.5) is 0 Å². The minimum Gasteiger partial charge on any atom is -0.269 e. The number of nitrogens with zero attached hydrogens (tertiary/aromatic N) is 1. The highest BCUT2D eigenvalue weighted by atomic mass is 14.6. The largest absolute Gasteiger partial charge is 0.269 e. The molecule has 9 heavy (non-hydrogen) atoms. The van der Waals surface area contributed by atoms with E-state index >= 15 is 0 Å². The van der Waals surface area contributed by atoms with Crippen molar-refractivity contribution in [3.8, 4) is 0 Å². The summed E-state index contributed by atoms with van der Waals surface area (Å²) in [5.74, 6) is 0. The summed E-state index contributed by atoms with van der Waals surface area (Å²) in [5.41, 5.74) is 1.24. The molecule has 0 saturated carbocycles. The van der Waals surface area contributed by atoms with Crippen molar-refractivity contribution < 1.29 is 0 Å². The maximum absolute atomic E-state index is 3.91. The molecule has 0 rings (SSSR count). The van der Waals surface area contributed by atoms with Crippen LogP contribution in [0.25, 0.3) is 0 Å². The molecule has 50 valence electrons. The Hall–Kier alpha value is -0.850. The Morgan fingerprint density at radius 2 is 2.00 bits per heavy atom. The van der Waals surface area contributed by atoms with Gasteiger partial charge in [-0.2, -0.15) is 0 Å². The molecule has 0 bridgehead atoms. The van der Waals surface area contributed by atoms with Crippen molar-refractivity contribution >= 4 is 6.21 Å². The van der Waals surface area contributed by atoms with Gasteiger partial charge in [0.1, 0.15) is 0 Å². The van der Waals surface area contributed by atoms with E-state index in [2.05, 4.69) is 4.99 Å². The molecule has 0 saturated heterocycles. The first-order chi connectivity index (χ1) is 4.31. The molecular weight excluding hydrogens is 110 g/mol. The van der Waals surface area contributed by atoms with Crippen molar-refractivity contribution in [3.05, 3.63) is 23.9 Å². The standard InChI is InChI=1S/C8H13N/c1-4-8(3)6-7-9-5-2/h4-7H,1-3H3/b7-6-,8-4-,9-5-. The van der Waals surface area contributed by atoms with Crippen LogP contribution in [0.3, 0.4) is 0 Å². The van der Waals surface area contributed by atoms with Gasteiger partial charge in [0.2, 0.25) is 0 Å². The van der Waals surface area contributed by atoms with Gasteiger partial charge in [0.05, 0.1) is 0 Å². The second kappa shape index (κ2) is 5.29. The van der Waals surface area contributed by atoms with E-state index in [0.717, 1.165) is 0 Å². The molecule has 0 aliphatic rings. The molecular formula is C8H13N. The Kier molecular flexibility index (Phi) is 4.79. The van der Waals surface area contributed by atoms with E-state index in [9.17, 15) is 0 Å². The molecule has 1 nitrogen and oxygen atoms in total. The minimum atomic E-state index is 1.24. The zero-order valence-electron chi connectivity index (χ0n) is 6.26. The molecule has 1 heteroatoms. The van der Waals surface area contributed by atoms with Gasteiger partial charge in [0.25, 0.3) is 0 Å². The van der Waals surface area contributed by atoms with Crippen LogP contribution < -0.4 is 0 Å². The van der Waals surface area contributed by atoms with E-state index < -0.39 is 0 Å². The predicted molar refractivity (Wildman–Crippen MR) is 42.7 cm³/mol. The Morgan fingerprint density at radius 1 is 1.33 bits per heavy atom. The summed E-state index contributed by atoms with van der Waals surface area (Å²) in [5, 5.41) is 0. The second-order valence-corrected chi connectivity index (χ2v) is 1.76. The molecule has 0 aromatic rings. The lowest BCUT2D eigenvalue weighted by atomic mass is 10.3. The van der Waals surface area contributed by atoms with Crippen LogP contribution in [0.1, 0.15) is 20.8 Å². The molecule has 0 amide bonds. The highest BCUT2D eigenvalue weighted by molar-refractivity contribution is 5.54. The van der Waals surface area contributed by atoms with Gasteiger partial charge in [-0.25, -0.2) is 0 Å². The number of allylic oxidation sites excluding steroid dienone is 3. The smallest absolute Gasteiger partial charge is 0.0266 e. The fourth-order valence-corrected chi connectivity index (χ4v) is 0.343. The molecule has 0 heterocycles. The van der Waals surface area contributed by atoms with Gasteiger partial charge >= 0.3 is 0 Å². The molecule has 0 aromatic carbocycles. The summed E-state index contributed by atoms with van der Waals surface area (Å²) < 4.78 is 0. The van der Waals surface area contributed by atoms with E-state index in [1.54, 1.807) is 12.4 Å². The maximum atomic E-state index is 3.91. The maximum Gasteiger partial charge on any atom is 0.0266 e. The lowest BCUT2D eigenvalue weighted by molar-refractivity contribution is 1.44. The fourth-order valence-electron chi connectivity index (χ4n) is 0.343. The fraction of sp³-hybridized carbons (Fsp3) is 0.375. The van der Waals surface area contributed by atoms with Gasteiger partial charge < -0.3 is 0 Å². The average Bonchev–Trinajstić information content (AvgIpc) is 1.89. The van der Waals surface area contributed by atoms with Crippen molar-refractivity contribution in [3.63, 3.8) is 0 Å². The van der Waals surface area contributed by atoms with Gasteiger partial charge in [0.15, 0.2) is 0 Å². The van der Waals surface area contributed by atoms with Crippen LogP contribution >= 0.6 is 0 Å². The van der Waals surface area contributed by atoms with Crippen molar-refractivity contribution in [2.75, 3.05) is 0 Å². The predicted octanol–water partition coefficient (Wildman–Crippen LogP) is 2.56. The molecule has 0 radical (unpaired) electrons. The van der Waals surface area contributed by atoms with E-state index in [0.29, 0.717) is 0 Å². The van der Waals surface area contributed by atoms with Gasteiger partial charge in [-0.3, -0.25) is 4.99 Å². The topological polar surface area (TPSA) is 12.4 Å². The van der Waals surface area contributed by atoms with Gasteiger partial charge in [-0.15, -0.1) is 0 Å². The molecule has 0 spiro atoms. The lowest BCUT2D eigenvalue weighted by Gasteiger charge is -1.82. The first-order valence-corrected chi connectivity index (χ1v) is 3.08. The first-order valence-electron chi connectivity index (χ1n) is 3.08. The van der Waals surface area contributed by atoms with Crippen molar-refractivity contribution in [2.24, 2.45) is 4.99 Å². The van der Waals surface area contributed by atoms with Gasteiger partial charge in [-0.05, 0) is 26.8 Å². The molecule has 0 unspecified atom stereocenters. The zero-order valence-corrected chi connectivity index (χ0v) is 6.26. The molecule has 0 atom stereocenters. The van der Waals surface area contributed by atoms with Gasteiger partial charge in [0, 0.05) is 12.4 Å². The van der Waals surface area contributed by atoms with Crippen LogP contribution in [0.15, 0.2) is 28.9 Å². The van der Waals surface area contributed by atoms with Crippen molar-refractivity contribution in [1.29, 1.82) is 0 Å². The van der Waals surface area contributed by atoms with E-state index in [1.807, 2.05) is 32.9 Å². The van der Waals surface area contributed by atoms with Crippen LogP contribution in [-0.2, 0) is 0 Å². The molecule has 0 fully saturated rings. The van der Waals surface area contributed by atoms with E-state index in [1.165, 1.54) is 5.57 Å². The summed E-state index contributed by atoms with van der Waals surface area (Å²) in [4.78, 5) is 3.91. The summed E-state index contributed by atoms with van der Waals surface area (Å²) in [6, 6.07) is 0. The second-order valence-electron chi connectivity index (χ2n) is 1.76. The van der Waals surface area contributed by atoms with Crippen molar-refractivity contribution in [2.45, 2.75) is 20.8 Å². The van der Waals surface area contributed by atoms with E-state index in [4.69, 9.17) is 0 Å². The SMILES string of the molecule is C\C=N/C=C\C(C)=C/C. The van der Waals surface area contributed by atoms with Gasteiger partial charge in [-0.1, -0.05) is 11.6 Å². The Labute approximate surface area is 56.8 Å². The first kappa shape index (κ1) is 8.15.